The van der Waals surface area contributed by atoms with Gasteiger partial charge in [-0.15, -0.1) is 11.3 Å². The molecule has 1 fully saturated rings. The molecule has 1 aliphatic rings. The second kappa shape index (κ2) is 8.37. The summed E-state index contributed by atoms with van der Waals surface area (Å²) in [6.07, 6.45) is 5.51. The van der Waals surface area contributed by atoms with Crippen molar-refractivity contribution in [1.82, 2.24) is 30.0 Å². The molecule has 0 bridgehead atoms. The zero-order chi connectivity index (χ0) is 20.3. The van der Waals surface area contributed by atoms with Crippen LogP contribution in [0.4, 0.5) is 4.39 Å². The first-order chi connectivity index (χ1) is 14.7. The maximum atomic E-state index is 13.1. The molecule has 0 radical (unpaired) electrons. The number of nitrogens with zero attached hydrogens (tertiary/aromatic N) is 6. The Morgan fingerprint density at radius 2 is 1.93 bits per heavy atom. The van der Waals surface area contributed by atoms with Crippen LogP contribution >= 0.6 is 11.3 Å². The van der Waals surface area contributed by atoms with Gasteiger partial charge < -0.3 is 4.52 Å². The van der Waals surface area contributed by atoms with Crippen LogP contribution in [-0.2, 0) is 6.54 Å². The van der Waals surface area contributed by atoms with Crippen LogP contribution in [0, 0.1) is 5.82 Å². The van der Waals surface area contributed by atoms with E-state index in [0.717, 1.165) is 48.7 Å². The highest BCUT2D eigenvalue weighted by atomic mass is 32.1. The van der Waals surface area contributed by atoms with Gasteiger partial charge in [0.2, 0.25) is 11.7 Å². The minimum absolute atomic E-state index is 0.177. The van der Waals surface area contributed by atoms with Gasteiger partial charge in [0.05, 0.1) is 11.6 Å². The predicted molar refractivity (Wildman–Crippen MR) is 110 cm³/mol. The van der Waals surface area contributed by atoms with Crippen molar-refractivity contribution in [2.75, 3.05) is 13.1 Å². The summed E-state index contributed by atoms with van der Waals surface area (Å²) in [5.41, 5.74) is 1.76. The summed E-state index contributed by atoms with van der Waals surface area (Å²) < 4.78 is 18.7. The van der Waals surface area contributed by atoms with Crippen molar-refractivity contribution >= 4 is 11.3 Å². The molecule has 4 heterocycles. The van der Waals surface area contributed by atoms with Crippen molar-refractivity contribution in [3.63, 3.8) is 0 Å². The Balaban J connectivity index is 1.25. The summed E-state index contributed by atoms with van der Waals surface area (Å²) in [5.74, 6) is 1.68. The minimum Gasteiger partial charge on any atom is -0.339 e. The fraction of sp³-hybridized carbons (Fsp3) is 0.286. The number of hydrogen-bond acceptors (Lipinski definition) is 8. The Hall–Kier alpha value is -3.04. The second-order valence-electron chi connectivity index (χ2n) is 7.25. The summed E-state index contributed by atoms with van der Waals surface area (Å²) >= 11 is 1.56. The summed E-state index contributed by atoms with van der Waals surface area (Å²) in [5, 5.41) is 6.98. The van der Waals surface area contributed by atoms with Gasteiger partial charge in [-0.2, -0.15) is 4.98 Å². The van der Waals surface area contributed by atoms with E-state index in [4.69, 9.17) is 9.51 Å². The van der Waals surface area contributed by atoms with Gasteiger partial charge in [0.1, 0.15) is 5.82 Å². The molecule has 1 atom stereocenters. The Kier molecular flexibility index (Phi) is 5.29. The van der Waals surface area contributed by atoms with E-state index in [9.17, 15) is 4.39 Å². The van der Waals surface area contributed by atoms with Crippen LogP contribution in [0.3, 0.4) is 0 Å². The van der Waals surface area contributed by atoms with E-state index in [1.807, 2.05) is 0 Å². The molecule has 1 aliphatic heterocycles. The SMILES string of the molecule is Fc1ccc(-c2noc(C3CCCN(Cc4csc(-c5ncccn5)n4)C3)n2)cc1. The molecule has 5 rings (SSSR count). The lowest BCUT2D eigenvalue weighted by molar-refractivity contribution is 0.179. The number of halogens is 1. The molecule has 9 heteroatoms. The topological polar surface area (TPSA) is 80.8 Å². The monoisotopic (exact) mass is 422 g/mol. The van der Waals surface area contributed by atoms with E-state index >= 15 is 0 Å². The molecule has 1 unspecified atom stereocenters. The first kappa shape index (κ1) is 19.0. The Morgan fingerprint density at radius 1 is 1.10 bits per heavy atom. The molecule has 0 spiro atoms. The molecule has 0 amide bonds. The molecule has 3 aromatic heterocycles. The van der Waals surface area contributed by atoms with E-state index in [2.05, 4.69) is 30.4 Å². The van der Waals surface area contributed by atoms with E-state index in [-0.39, 0.29) is 11.7 Å². The smallest absolute Gasteiger partial charge is 0.231 e. The van der Waals surface area contributed by atoms with Crippen LogP contribution in [0.25, 0.3) is 22.2 Å². The summed E-state index contributed by atoms with van der Waals surface area (Å²) in [4.78, 5) is 20.2. The van der Waals surface area contributed by atoms with Gasteiger partial charge in [-0.25, -0.2) is 19.3 Å². The molecule has 0 N–H and O–H groups in total. The quantitative estimate of drug-likeness (QED) is 0.477. The first-order valence-electron chi connectivity index (χ1n) is 9.78. The number of piperidine rings is 1. The summed E-state index contributed by atoms with van der Waals surface area (Å²) in [7, 11) is 0. The van der Waals surface area contributed by atoms with Crippen LogP contribution < -0.4 is 0 Å². The van der Waals surface area contributed by atoms with Crippen LogP contribution in [0.5, 0.6) is 0 Å². The predicted octanol–water partition coefficient (Wildman–Crippen LogP) is 4.17. The van der Waals surface area contributed by atoms with E-state index in [1.54, 1.807) is 41.9 Å². The van der Waals surface area contributed by atoms with Crippen molar-refractivity contribution in [3.8, 4) is 22.2 Å². The number of likely N-dealkylation sites (tertiary alicyclic amines) is 1. The van der Waals surface area contributed by atoms with Gasteiger partial charge in [0.25, 0.3) is 0 Å². The average Bonchev–Trinajstić information content (AvgIpc) is 3.45. The van der Waals surface area contributed by atoms with Gasteiger partial charge in [-0.1, -0.05) is 5.16 Å². The van der Waals surface area contributed by atoms with Gasteiger partial charge in [0.15, 0.2) is 10.8 Å². The average molecular weight is 422 g/mol. The Bertz CT molecular complexity index is 1110. The van der Waals surface area contributed by atoms with Crippen molar-refractivity contribution in [2.24, 2.45) is 0 Å². The summed E-state index contributed by atoms with van der Waals surface area (Å²) in [6, 6.07) is 7.92. The van der Waals surface area contributed by atoms with Gasteiger partial charge in [-0.3, -0.25) is 4.90 Å². The first-order valence-corrected chi connectivity index (χ1v) is 10.7. The molecule has 7 nitrogen and oxygen atoms in total. The Morgan fingerprint density at radius 3 is 2.77 bits per heavy atom. The third kappa shape index (κ3) is 4.12. The maximum Gasteiger partial charge on any atom is 0.231 e. The van der Waals surface area contributed by atoms with Gasteiger partial charge in [0, 0.05) is 36.4 Å². The van der Waals surface area contributed by atoms with Crippen LogP contribution in [0.2, 0.25) is 0 Å². The fourth-order valence-corrected chi connectivity index (χ4v) is 4.39. The van der Waals surface area contributed by atoms with Gasteiger partial charge in [-0.05, 0) is 49.7 Å². The van der Waals surface area contributed by atoms with E-state index < -0.39 is 0 Å². The third-order valence-electron chi connectivity index (χ3n) is 5.09. The normalized spacial score (nSPS) is 17.3. The lowest BCUT2D eigenvalue weighted by atomic mass is 9.98. The zero-order valence-electron chi connectivity index (χ0n) is 16.1. The van der Waals surface area contributed by atoms with Crippen molar-refractivity contribution < 1.29 is 8.91 Å². The van der Waals surface area contributed by atoms with Crippen molar-refractivity contribution in [3.05, 3.63) is 65.5 Å². The number of aromatic nitrogens is 5. The highest BCUT2D eigenvalue weighted by Crippen LogP contribution is 2.29. The second-order valence-corrected chi connectivity index (χ2v) is 8.11. The lowest BCUT2D eigenvalue weighted by Gasteiger charge is -2.30. The van der Waals surface area contributed by atoms with E-state index in [1.165, 1.54) is 12.1 Å². The third-order valence-corrected chi connectivity index (χ3v) is 5.98. The van der Waals surface area contributed by atoms with Crippen LogP contribution in [0.15, 0.2) is 52.6 Å². The molecule has 0 saturated carbocycles. The van der Waals surface area contributed by atoms with Crippen molar-refractivity contribution in [1.29, 1.82) is 0 Å². The van der Waals surface area contributed by atoms with E-state index in [0.29, 0.717) is 17.5 Å². The maximum absolute atomic E-state index is 13.1. The fourth-order valence-electron chi connectivity index (χ4n) is 3.64. The molecular weight excluding hydrogens is 403 g/mol. The Labute approximate surface area is 176 Å². The number of rotatable bonds is 5. The standard InChI is InChI=1S/C21H19FN6OS/c22-16-6-4-14(5-7-16)18-26-20(29-27-18)15-3-1-10-28(11-15)12-17-13-30-21(25-17)19-23-8-2-9-24-19/h2,4-9,13,15H,1,3,10-12H2. The van der Waals surface area contributed by atoms with Gasteiger partial charge >= 0.3 is 0 Å². The molecule has 30 heavy (non-hydrogen) atoms. The number of hydrogen-bond donors (Lipinski definition) is 0. The zero-order valence-corrected chi connectivity index (χ0v) is 16.9. The molecule has 1 aromatic carbocycles. The molecule has 1 saturated heterocycles. The number of thiazole rings is 1. The summed E-state index contributed by atoms with van der Waals surface area (Å²) in [6.45, 7) is 2.60. The largest absolute Gasteiger partial charge is 0.339 e. The highest BCUT2D eigenvalue weighted by molar-refractivity contribution is 7.13. The van der Waals surface area contributed by atoms with Crippen LogP contribution in [-0.4, -0.2) is 43.1 Å². The molecular formula is C21H19FN6OS. The number of benzene rings is 1. The highest BCUT2D eigenvalue weighted by Gasteiger charge is 2.26. The molecule has 0 aliphatic carbocycles. The molecule has 4 aromatic rings. The van der Waals surface area contributed by atoms with Crippen LogP contribution in [0.1, 0.15) is 30.3 Å². The minimum atomic E-state index is -0.283. The van der Waals surface area contributed by atoms with Crippen molar-refractivity contribution in [2.45, 2.75) is 25.3 Å². The lowest BCUT2D eigenvalue weighted by Crippen LogP contribution is -2.34. The molecule has 152 valence electrons.